The maximum atomic E-state index is 9.05. The van der Waals surface area contributed by atoms with Gasteiger partial charge in [0.15, 0.2) is 0 Å². The van der Waals surface area contributed by atoms with Gasteiger partial charge in [0.1, 0.15) is 6.23 Å². The largest absolute Gasteiger partial charge is 0.377 e. The lowest BCUT2D eigenvalue weighted by molar-refractivity contribution is 0.0613. The summed E-state index contributed by atoms with van der Waals surface area (Å²) in [5.74, 6) is 5.97. The summed E-state index contributed by atoms with van der Waals surface area (Å²) < 4.78 is 0. The number of rotatable bonds is 1. The average molecular weight is 145 g/mol. The van der Waals surface area contributed by atoms with Gasteiger partial charge in [-0.1, -0.05) is 6.92 Å². The molecule has 0 spiro atoms. The van der Waals surface area contributed by atoms with Crippen LogP contribution < -0.4 is 11.6 Å². The molecule has 1 rings (SSSR count). The maximum Gasteiger partial charge on any atom is 0.119 e. The van der Waals surface area contributed by atoms with Crippen molar-refractivity contribution in [1.82, 2.24) is 5.01 Å². The van der Waals surface area contributed by atoms with E-state index in [9.17, 15) is 0 Å². The summed E-state index contributed by atoms with van der Waals surface area (Å²) in [6.45, 7) is 2.88. The van der Waals surface area contributed by atoms with Crippen LogP contribution in [0.5, 0.6) is 0 Å². The van der Waals surface area contributed by atoms with Gasteiger partial charge in [0, 0.05) is 6.54 Å². The third-order valence-corrected chi connectivity index (χ3v) is 2.16. The van der Waals surface area contributed by atoms with Crippen LogP contribution in [0.25, 0.3) is 0 Å². The molecule has 1 fully saturated rings. The smallest absolute Gasteiger partial charge is 0.119 e. The van der Waals surface area contributed by atoms with Crippen LogP contribution in [0.1, 0.15) is 13.3 Å². The minimum absolute atomic E-state index is 0.0556. The SMILES string of the molecule is C[C@@H]1CCN(N)[C@@H]1C(N)O. The van der Waals surface area contributed by atoms with Crippen molar-refractivity contribution < 1.29 is 5.11 Å². The van der Waals surface area contributed by atoms with Crippen LogP contribution in [0.3, 0.4) is 0 Å². The monoisotopic (exact) mass is 145 g/mol. The van der Waals surface area contributed by atoms with E-state index in [0.717, 1.165) is 13.0 Å². The fourth-order valence-electron chi connectivity index (χ4n) is 1.53. The van der Waals surface area contributed by atoms with Gasteiger partial charge in [-0.2, -0.15) is 0 Å². The zero-order valence-electron chi connectivity index (χ0n) is 6.20. The predicted molar refractivity (Wildman–Crippen MR) is 38.7 cm³/mol. The van der Waals surface area contributed by atoms with Crippen LogP contribution in [0.4, 0.5) is 0 Å². The molecule has 0 bridgehead atoms. The van der Waals surface area contributed by atoms with E-state index >= 15 is 0 Å². The van der Waals surface area contributed by atoms with Gasteiger partial charge in [0.25, 0.3) is 0 Å². The Bertz CT molecular complexity index is 108. The van der Waals surface area contributed by atoms with Crippen LogP contribution in [-0.2, 0) is 0 Å². The highest BCUT2D eigenvalue weighted by atomic mass is 16.3. The molecule has 1 saturated heterocycles. The van der Waals surface area contributed by atoms with E-state index in [-0.39, 0.29) is 6.04 Å². The van der Waals surface area contributed by atoms with Crippen molar-refractivity contribution >= 4 is 0 Å². The fourth-order valence-corrected chi connectivity index (χ4v) is 1.53. The van der Waals surface area contributed by atoms with E-state index in [0.29, 0.717) is 5.92 Å². The predicted octanol–water partition coefficient (Wildman–Crippen LogP) is -1.15. The first kappa shape index (κ1) is 7.94. The van der Waals surface area contributed by atoms with Gasteiger partial charge in [0.05, 0.1) is 6.04 Å². The summed E-state index contributed by atoms with van der Waals surface area (Å²) in [4.78, 5) is 0. The standard InChI is InChI=1S/C6H15N3O/c1-4-2-3-9(8)5(4)6(7)10/h4-6,10H,2-3,7-8H2,1H3/t4-,5+,6?/m1/s1. The molecular weight excluding hydrogens is 130 g/mol. The molecule has 0 aromatic carbocycles. The zero-order valence-corrected chi connectivity index (χ0v) is 6.20. The third-order valence-electron chi connectivity index (χ3n) is 2.16. The molecule has 0 amide bonds. The van der Waals surface area contributed by atoms with Crippen LogP contribution in [0.15, 0.2) is 0 Å². The van der Waals surface area contributed by atoms with Crippen LogP contribution in [0.2, 0.25) is 0 Å². The Morgan fingerprint density at radius 2 is 2.30 bits per heavy atom. The van der Waals surface area contributed by atoms with E-state index in [1.54, 1.807) is 5.01 Å². The number of hydrogen-bond donors (Lipinski definition) is 3. The van der Waals surface area contributed by atoms with Crippen molar-refractivity contribution in [3.05, 3.63) is 0 Å². The molecule has 1 unspecified atom stereocenters. The fraction of sp³-hybridized carbons (Fsp3) is 1.00. The van der Waals surface area contributed by atoms with Gasteiger partial charge >= 0.3 is 0 Å². The highest BCUT2D eigenvalue weighted by Crippen LogP contribution is 2.21. The Hall–Kier alpha value is -0.160. The minimum atomic E-state index is -0.803. The lowest BCUT2D eigenvalue weighted by atomic mass is 10.0. The first-order valence-electron chi connectivity index (χ1n) is 3.58. The Kier molecular flexibility index (Phi) is 2.25. The van der Waals surface area contributed by atoms with Gasteiger partial charge in [-0.05, 0) is 12.3 Å². The molecule has 1 aliphatic heterocycles. The van der Waals surface area contributed by atoms with Gasteiger partial charge in [-0.3, -0.25) is 5.84 Å². The second-order valence-electron chi connectivity index (χ2n) is 2.98. The van der Waals surface area contributed by atoms with Crippen LogP contribution in [0, 0.1) is 5.92 Å². The van der Waals surface area contributed by atoms with Gasteiger partial charge in [0.2, 0.25) is 0 Å². The number of nitrogens with two attached hydrogens (primary N) is 2. The molecule has 1 aliphatic rings. The highest BCUT2D eigenvalue weighted by Gasteiger charge is 2.32. The molecule has 5 N–H and O–H groups in total. The average Bonchev–Trinajstić information content (AvgIpc) is 2.11. The second-order valence-corrected chi connectivity index (χ2v) is 2.98. The summed E-state index contributed by atoms with van der Waals surface area (Å²) in [6.07, 6.45) is 0.220. The molecule has 0 saturated carbocycles. The van der Waals surface area contributed by atoms with Crippen molar-refractivity contribution in [2.24, 2.45) is 17.5 Å². The Labute approximate surface area is 60.8 Å². The first-order valence-corrected chi connectivity index (χ1v) is 3.58. The molecule has 1 heterocycles. The molecule has 10 heavy (non-hydrogen) atoms. The topological polar surface area (TPSA) is 75.5 Å². The lowest BCUT2D eigenvalue weighted by Gasteiger charge is -2.24. The number of aliphatic hydroxyl groups excluding tert-OH is 1. The lowest BCUT2D eigenvalue weighted by Crippen LogP contribution is -2.49. The van der Waals surface area contributed by atoms with Crippen molar-refractivity contribution in [2.75, 3.05) is 6.54 Å². The van der Waals surface area contributed by atoms with E-state index in [1.807, 2.05) is 6.92 Å². The Morgan fingerprint density at radius 1 is 1.70 bits per heavy atom. The molecule has 4 nitrogen and oxygen atoms in total. The van der Waals surface area contributed by atoms with Gasteiger partial charge in [-0.25, -0.2) is 5.01 Å². The summed E-state index contributed by atoms with van der Waals surface area (Å²) in [6, 6.07) is -0.0556. The van der Waals surface area contributed by atoms with E-state index in [1.165, 1.54) is 0 Å². The van der Waals surface area contributed by atoms with Crippen LogP contribution in [-0.4, -0.2) is 28.9 Å². The summed E-state index contributed by atoms with van der Waals surface area (Å²) in [5.41, 5.74) is 5.31. The van der Waals surface area contributed by atoms with Crippen molar-refractivity contribution in [3.63, 3.8) is 0 Å². The highest BCUT2D eigenvalue weighted by molar-refractivity contribution is 4.84. The summed E-state index contributed by atoms with van der Waals surface area (Å²) in [5, 5.41) is 10.7. The molecule has 0 aromatic heterocycles. The second kappa shape index (κ2) is 2.84. The number of hydrogen-bond acceptors (Lipinski definition) is 4. The first-order chi connectivity index (χ1) is 4.63. The molecular formula is C6H15N3O. The third kappa shape index (κ3) is 1.29. The van der Waals surface area contributed by atoms with E-state index < -0.39 is 6.23 Å². The molecule has 0 aromatic rings. The Balaban J connectivity index is 2.54. The number of aliphatic hydroxyl groups is 1. The van der Waals surface area contributed by atoms with Crippen molar-refractivity contribution in [2.45, 2.75) is 25.6 Å². The summed E-state index contributed by atoms with van der Waals surface area (Å²) in [7, 11) is 0. The van der Waals surface area contributed by atoms with Crippen molar-refractivity contribution in [1.29, 1.82) is 0 Å². The molecule has 0 radical (unpaired) electrons. The molecule has 0 aliphatic carbocycles. The molecule has 4 heteroatoms. The summed E-state index contributed by atoms with van der Waals surface area (Å²) >= 11 is 0. The minimum Gasteiger partial charge on any atom is -0.377 e. The molecule has 60 valence electrons. The molecule has 3 atom stereocenters. The number of nitrogens with zero attached hydrogens (tertiary/aromatic N) is 1. The normalized spacial score (nSPS) is 38.4. The van der Waals surface area contributed by atoms with E-state index in [4.69, 9.17) is 16.7 Å². The number of hydrazine groups is 1. The maximum absolute atomic E-state index is 9.05. The zero-order chi connectivity index (χ0) is 7.72. The van der Waals surface area contributed by atoms with Crippen LogP contribution >= 0.6 is 0 Å². The van der Waals surface area contributed by atoms with Gasteiger partial charge < -0.3 is 10.8 Å². The Morgan fingerprint density at radius 3 is 2.50 bits per heavy atom. The quantitative estimate of drug-likeness (QED) is 0.321. The van der Waals surface area contributed by atoms with Gasteiger partial charge in [-0.15, -0.1) is 0 Å². The van der Waals surface area contributed by atoms with Crippen molar-refractivity contribution in [3.8, 4) is 0 Å². The van der Waals surface area contributed by atoms with E-state index in [2.05, 4.69) is 0 Å².